The maximum atomic E-state index is 13.2. The SMILES string of the molecule is O=C1S/C(=C\c2ccc(-c3cc([N+](=O)[O-])ccc3Cl)o2)C(=O)N1Cc1ccc(F)cc1Cl. The Bertz CT molecular complexity index is 1310. The fourth-order valence-corrected chi connectivity index (χ4v) is 4.23. The molecular weight excluding hydrogens is 482 g/mol. The highest BCUT2D eigenvalue weighted by Gasteiger charge is 2.35. The van der Waals surface area contributed by atoms with Crippen molar-refractivity contribution >= 4 is 57.9 Å². The summed E-state index contributed by atoms with van der Waals surface area (Å²) in [5.74, 6) is -0.549. The minimum Gasteiger partial charge on any atom is -0.457 e. The number of halogens is 3. The first kappa shape index (κ1) is 22.1. The van der Waals surface area contributed by atoms with E-state index >= 15 is 0 Å². The Morgan fingerprint density at radius 1 is 1.09 bits per heavy atom. The number of carbonyl (C=O) groups is 2. The summed E-state index contributed by atoms with van der Waals surface area (Å²) in [4.78, 5) is 36.6. The van der Waals surface area contributed by atoms with E-state index in [-0.39, 0.29) is 38.7 Å². The first-order valence-electron chi connectivity index (χ1n) is 8.96. The molecule has 1 aliphatic heterocycles. The maximum absolute atomic E-state index is 13.2. The molecule has 32 heavy (non-hydrogen) atoms. The van der Waals surface area contributed by atoms with Crippen LogP contribution < -0.4 is 0 Å². The second kappa shape index (κ2) is 8.78. The largest absolute Gasteiger partial charge is 0.457 e. The van der Waals surface area contributed by atoms with Gasteiger partial charge in [0, 0.05) is 28.8 Å². The monoisotopic (exact) mass is 492 g/mol. The summed E-state index contributed by atoms with van der Waals surface area (Å²) in [7, 11) is 0. The van der Waals surface area contributed by atoms with Crippen LogP contribution in [0.2, 0.25) is 10.0 Å². The minimum atomic E-state index is -0.549. The number of nitro groups is 1. The van der Waals surface area contributed by atoms with Crippen LogP contribution in [0.1, 0.15) is 11.3 Å². The van der Waals surface area contributed by atoms with Crippen LogP contribution in [0.25, 0.3) is 17.4 Å². The van der Waals surface area contributed by atoms with Gasteiger partial charge in [-0.3, -0.25) is 24.6 Å². The molecule has 162 valence electrons. The van der Waals surface area contributed by atoms with Crippen molar-refractivity contribution in [1.82, 2.24) is 4.90 Å². The van der Waals surface area contributed by atoms with Crippen molar-refractivity contribution in [2.45, 2.75) is 6.54 Å². The number of amides is 2. The third-order valence-corrected chi connectivity index (χ3v) is 6.13. The molecule has 1 fully saturated rings. The van der Waals surface area contributed by atoms with Gasteiger partial charge in [0.1, 0.15) is 17.3 Å². The zero-order valence-electron chi connectivity index (χ0n) is 15.9. The molecule has 1 aliphatic rings. The summed E-state index contributed by atoms with van der Waals surface area (Å²) >= 11 is 12.9. The van der Waals surface area contributed by atoms with Gasteiger partial charge in [0.15, 0.2) is 0 Å². The summed E-state index contributed by atoms with van der Waals surface area (Å²) in [6, 6.07) is 10.8. The van der Waals surface area contributed by atoms with Crippen molar-refractivity contribution in [2.75, 3.05) is 0 Å². The van der Waals surface area contributed by atoms with Crippen LogP contribution in [0.3, 0.4) is 0 Å². The number of non-ortho nitro benzene ring substituents is 1. The molecule has 11 heteroatoms. The van der Waals surface area contributed by atoms with Gasteiger partial charge in [0.2, 0.25) is 0 Å². The van der Waals surface area contributed by atoms with E-state index in [9.17, 15) is 24.1 Å². The molecule has 1 aromatic heterocycles. The van der Waals surface area contributed by atoms with Gasteiger partial charge in [-0.2, -0.15) is 0 Å². The number of nitrogens with zero attached hydrogens (tertiary/aromatic N) is 2. The number of hydrogen-bond acceptors (Lipinski definition) is 6. The lowest BCUT2D eigenvalue weighted by atomic mass is 10.1. The van der Waals surface area contributed by atoms with Gasteiger partial charge in [0.25, 0.3) is 16.8 Å². The molecule has 2 aromatic carbocycles. The van der Waals surface area contributed by atoms with Crippen molar-refractivity contribution in [3.8, 4) is 11.3 Å². The quantitative estimate of drug-likeness (QED) is 0.228. The van der Waals surface area contributed by atoms with Crippen molar-refractivity contribution in [3.05, 3.63) is 90.7 Å². The van der Waals surface area contributed by atoms with E-state index in [0.717, 1.165) is 22.7 Å². The molecule has 0 N–H and O–H groups in total. The van der Waals surface area contributed by atoms with E-state index in [1.165, 1.54) is 36.4 Å². The van der Waals surface area contributed by atoms with Crippen molar-refractivity contribution < 1.29 is 23.3 Å². The highest BCUT2D eigenvalue weighted by Crippen LogP contribution is 2.36. The van der Waals surface area contributed by atoms with Crippen molar-refractivity contribution in [2.24, 2.45) is 0 Å². The highest BCUT2D eigenvalue weighted by atomic mass is 35.5. The van der Waals surface area contributed by atoms with E-state index in [0.29, 0.717) is 11.1 Å². The van der Waals surface area contributed by atoms with Gasteiger partial charge < -0.3 is 4.42 Å². The molecule has 1 saturated heterocycles. The number of nitro benzene ring substituents is 1. The summed E-state index contributed by atoms with van der Waals surface area (Å²) in [5, 5.41) is 10.9. The first-order valence-corrected chi connectivity index (χ1v) is 10.5. The second-order valence-corrected chi connectivity index (χ2v) is 8.43. The van der Waals surface area contributed by atoms with Gasteiger partial charge in [-0.05, 0) is 47.7 Å². The van der Waals surface area contributed by atoms with E-state index in [4.69, 9.17) is 27.6 Å². The Balaban J connectivity index is 1.57. The van der Waals surface area contributed by atoms with Crippen molar-refractivity contribution in [1.29, 1.82) is 0 Å². The Morgan fingerprint density at radius 2 is 1.88 bits per heavy atom. The number of imide groups is 1. The second-order valence-electron chi connectivity index (χ2n) is 6.63. The highest BCUT2D eigenvalue weighted by molar-refractivity contribution is 8.18. The summed E-state index contributed by atoms with van der Waals surface area (Å²) in [5.41, 5.74) is 0.597. The molecule has 0 bridgehead atoms. The summed E-state index contributed by atoms with van der Waals surface area (Å²) < 4.78 is 18.9. The number of thioether (sulfide) groups is 1. The Kier molecular flexibility index (Phi) is 6.05. The van der Waals surface area contributed by atoms with E-state index < -0.39 is 21.9 Å². The number of carbonyl (C=O) groups excluding carboxylic acids is 2. The predicted octanol–water partition coefficient (Wildman–Crippen LogP) is 6.54. The molecule has 0 unspecified atom stereocenters. The maximum Gasteiger partial charge on any atom is 0.293 e. The minimum absolute atomic E-state index is 0.103. The number of rotatable bonds is 5. The van der Waals surface area contributed by atoms with E-state index in [1.54, 1.807) is 12.1 Å². The zero-order chi connectivity index (χ0) is 23.0. The van der Waals surface area contributed by atoms with Gasteiger partial charge in [-0.15, -0.1) is 0 Å². The lowest BCUT2D eigenvalue weighted by molar-refractivity contribution is -0.384. The van der Waals surface area contributed by atoms with Crippen LogP contribution in [0.4, 0.5) is 14.9 Å². The topological polar surface area (TPSA) is 93.7 Å². The fraction of sp³-hybridized carbons (Fsp3) is 0.0476. The van der Waals surface area contributed by atoms with Gasteiger partial charge in [-0.25, -0.2) is 4.39 Å². The zero-order valence-corrected chi connectivity index (χ0v) is 18.2. The standard InChI is InChI=1S/C21H11Cl2FN2O5S/c22-16-5-3-13(26(29)30)8-15(16)18-6-4-14(31-18)9-19-20(27)25(21(28)32-19)10-11-1-2-12(24)7-17(11)23/h1-9H,10H2/b19-9-. The molecule has 3 aromatic rings. The summed E-state index contributed by atoms with van der Waals surface area (Å²) in [6.07, 6.45) is 1.39. The van der Waals surface area contributed by atoms with Crippen LogP contribution in [0.5, 0.6) is 0 Å². The Labute approximate surface area is 194 Å². The molecular formula is C21H11Cl2FN2O5S. The van der Waals surface area contributed by atoms with Crippen LogP contribution in [-0.4, -0.2) is 21.0 Å². The molecule has 7 nitrogen and oxygen atoms in total. The number of furan rings is 1. The molecule has 0 saturated carbocycles. The number of hydrogen-bond donors (Lipinski definition) is 0. The Morgan fingerprint density at radius 3 is 2.59 bits per heavy atom. The third-order valence-electron chi connectivity index (χ3n) is 4.54. The smallest absolute Gasteiger partial charge is 0.293 e. The average molecular weight is 493 g/mol. The van der Waals surface area contributed by atoms with Gasteiger partial charge in [0.05, 0.1) is 21.4 Å². The molecule has 0 radical (unpaired) electrons. The van der Waals surface area contributed by atoms with E-state index in [1.807, 2.05) is 0 Å². The lowest BCUT2D eigenvalue weighted by Gasteiger charge is -2.13. The average Bonchev–Trinajstić information content (AvgIpc) is 3.30. The van der Waals surface area contributed by atoms with Crippen LogP contribution >= 0.6 is 35.0 Å². The molecule has 0 atom stereocenters. The molecule has 2 amide bonds. The fourth-order valence-electron chi connectivity index (χ4n) is 2.98. The van der Waals surface area contributed by atoms with E-state index in [2.05, 4.69) is 0 Å². The normalized spacial score (nSPS) is 15.1. The van der Waals surface area contributed by atoms with Gasteiger partial charge in [-0.1, -0.05) is 29.3 Å². The molecule has 0 aliphatic carbocycles. The van der Waals surface area contributed by atoms with Crippen LogP contribution in [-0.2, 0) is 11.3 Å². The molecule has 0 spiro atoms. The first-order chi connectivity index (χ1) is 15.2. The van der Waals surface area contributed by atoms with Gasteiger partial charge >= 0.3 is 0 Å². The van der Waals surface area contributed by atoms with Crippen LogP contribution in [0, 0.1) is 15.9 Å². The molecule has 4 rings (SSSR count). The predicted molar refractivity (Wildman–Crippen MR) is 119 cm³/mol. The molecule has 2 heterocycles. The third kappa shape index (κ3) is 4.40. The van der Waals surface area contributed by atoms with Crippen molar-refractivity contribution in [3.63, 3.8) is 0 Å². The summed E-state index contributed by atoms with van der Waals surface area (Å²) in [6.45, 7) is -0.103. The number of benzene rings is 2. The lowest BCUT2D eigenvalue weighted by Crippen LogP contribution is -2.27. The van der Waals surface area contributed by atoms with Crippen LogP contribution in [0.15, 0.2) is 57.9 Å². The Hall–Kier alpha value is -3.14.